The van der Waals surface area contributed by atoms with Gasteiger partial charge in [-0.3, -0.25) is 5.32 Å². The monoisotopic (exact) mass is 512 g/mol. The number of primary amides is 2. The molecule has 9 nitrogen and oxygen atoms in total. The molecule has 11 heteroatoms. The zero-order valence-electron chi connectivity index (χ0n) is 19.2. The summed E-state index contributed by atoms with van der Waals surface area (Å²) in [6, 6.07) is 13.9. The Kier molecular flexibility index (Phi) is 7.69. The summed E-state index contributed by atoms with van der Waals surface area (Å²) in [4.78, 5) is 37.7. The lowest BCUT2D eigenvalue weighted by Crippen LogP contribution is -2.46. The van der Waals surface area contributed by atoms with Gasteiger partial charge in [-0.1, -0.05) is 30.3 Å². The van der Waals surface area contributed by atoms with Crippen LogP contribution < -0.4 is 21.5 Å². The average molecular weight is 513 g/mol. The molecule has 0 aliphatic carbocycles. The van der Waals surface area contributed by atoms with Gasteiger partial charge < -0.3 is 25.8 Å². The first kappa shape index (κ1) is 25.0. The molecule has 1 saturated heterocycles. The van der Waals surface area contributed by atoms with E-state index in [9.17, 15) is 14.4 Å². The van der Waals surface area contributed by atoms with Crippen molar-refractivity contribution in [2.45, 2.75) is 25.6 Å². The predicted molar refractivity (Wildman–Crippen MR) is 133 cm³/mol. The number of hydrogen-bond donors (Lipinski definition) is 3. The minimum atomic E-state index is -0.875. The van der Waals surface area contributed by atoms with E-state index < -0.39 is 30.0 Å². The van der Waals surface area contributed by atoms with Crippen molar-refractivity contribution >= 4 is 34.4 Å². The second kappa shape index (κ2) is 11.1. The van der Waals surface area contributed by atoms with Crippen LogP contribution >= 0.6 is 11.3 Å². The molecule has 1 unspecified atom stereocenters. The molecule has 0 radical (unpaired) electrons. The highest BCUT2D eigenvalue weighted by Crippen LogP contribution is 2.38. The lowest BCUT2D eigenvalue weighted by atomic mass is 10.1. The van der Waals surface area contributed by atoms with Crippen molar-refractivity contribution in [1.29, 1.82) is 0 Å². The number of amides is 4. The largest absolute Gasteiger partial charge is 0.489 e. The highest BCUT2D eigenvalue weighted by atomic mass is 32.1. The molecule has 1 atom stereocenters. The molecule has 5 N–H and O–H groups in total. The number of esters is 1. The quantitative estimate of drug-likeness (QED) is 0.405. The Hall–Kier alpha value is -4.12. The summed E-state index contributed by atoms with van der Waals surface area (Å²) in [7, 11) is 0. The number of nitrogens with one attached hydrogen (secondary N) is 1. The van der Waals surface area contributed by atoms with Gasteiger partial charge in [0.1, 0.15) is 29.3 Å². The molecule has 1 aliphatic rings. The Balaban J connectivity index is 1.52. The number of piperidine rings is 1. The Morgan fingerprint density at radius 1 is 1.11 bits per heavy atom. The molecule has 2 aromatic carbocycles. The van der Waals surface area contributed by atoms with Crippen LogP contribution in [0.3, 0.4) is 0 Å². The molecule has 1 fully saturated rings. The van der Waals surface area contributed by atoms with Gasteiger partial charge in [0.25, 0.3) is 0 Å². The van der Waals surface area contributed by atoms with Crippen molar-refractivity contribution in [2.75, 3.05) is 18.4 Å². The molecule has 1 aliphatic heterocycles. The Morgan fingerprint density at radius 2 is 1.89 bits per heavy atom. The standard InChI is InChI=1S/C25H25FN4O5S/c26-20-11-16(34-14-15-5-2-1-3-6-15)8-9-18(20)21-12-19(22(36-21)29-24(27)32)23(31)35-17-7-4-10-30(13-17)25(28)33/h1-3,5-6,8-9,11-12,17H,4,7,10,13-14H2,(H2,28,33)(H3,27,29,32). The lowest BCUT2D eigenvalue weighted by Gasteiger charge is -2.31. The lowest BCUT2D eigenvalue weighted by molar-refractivity contribution is 0.0129. The second-order valence-electron chi connectivity index (χ2n) is 8.21. The smallest absolute Gasteiger partial charge is 0.341 e. The van der Waals surface area contributed by atoms with E-state index in [-0.39, 0.29) is 29.3 Å². The minimum Gasteiger partial charge on any atom is -0.489 e. The number of anilines is 1. The van der Waals surface area contributed by atoms with Gasteiger partial charge in [0.15, 0.2) is 0 Å². The van der Waals surface area contributed by atoms with Gasteiger partial charge in [-0.15, -0.1) is 11.3 Å². The fourth-order valence-electron chi connectivity index (χ4n) is 3.86. The Morgan fingerprint density at radius 3 is 2.58 bits per heavy atom. The number of nitrogens with zero attached hydrogens (tertiary/aromatic N) is 1. The second-order valence-corrected chi connectivity index (χ2v) is 9.26. The number of carbonyl (C=O) groups excluding carboxylic acids is 3. The maximum atomic E-state index is 15.0. The Bertz CT molecular complexity index is 1270. The molecule has 2 heterocycles. The maximum Gasteiger partial charge on any atom is 0.341 e. The number of likely N-dealkylation sites (tertiary alicyclic amines) is 1. The van der Waals surface area contributed by atoms with E-state index >= 15 is 4.39 Å². The topological polar surface area (TPSA) is 137 Å². The van der Waals surface area contributed by atoms with Crippen LogP contribution in [-0.4, -0.2) is 42.1 Å². The summed E-state index contributed by atoms with van der Waals surface area (Å²) in [5.74, 6) is -0.930. The Labute approximate surface area is 210 Å². The number of nitrogens with two attached hydrogens (primary N) is 2. The first-order valence-electron chi connectivity index (χ1n) is 11.2. The predicted octanol–water partition coefficient (Wildman–Crippen LogP) is 4.32. The highest BCUT2D eigenvalue weighted by Gasteiger charge is 2.28. The number of carbonyl (C=O) groups is 3. The molecule has 36 heavy (non-hydrogen) atoms. The van der Waals surface area contributed by atoms with Crippen LogP contribution in [0.5, 0.6) is 5.75 Å². The third-order valence-electron chi connectivity index (χ3n) is 5.61. The number of urea groups is 2. The fraction of sp³-hybridized carbons (Fsp3) is 0.240. The van der Waals surface area contributed by atoms with Gasteiger partial charge in [0.05, 0.1) is 12.1 Å². The SMILES string of the molecule is NC(=O)Nc1sc(-c2ccc(OCc3ccccc3)cc2F)cc1C(=O)OC1CCCN(C(N)=O)C1. The van der Waals surface area contributed by atoms with Crippen LogP contribution in [0.25, 0.3) is 10.4 Å². The number of ether oxygens (including phenoxy) is 2. The van der Waals surface area contributed by atoms with Gasteiger partial charge in [-0.25, -0.2) is 18.8 Å². The summed E-state index contributed by atoms with van der Waals surface area (Å²) in [6.45, 7) is 0.955. The van der Waals surface area contributed by atoms with Crippen LogP contribution in [0, 0.1) is 5.82 Å². The van der Waals surface area contributed by atoms with Gasteiger partial charge in [-0.2, -0.15) is 0 Å². The molecule has 1 aromatic heterocycles. The van der Waals surface area contributed by atoms with E-state index in [0.29, 0.717) is 30.0 Å². The molecule has 0 spiro atoms. The van der Waals surface area contributed by atoms with Gasteiger partial charge in [0.2, 0.25) is 0 Å². The van der Waals surface area contributed by atoms with Crippen molar-refractivity contribution < 1.29 is 28.2 Å². The third-order valence-corrected chi connectivity index (χ3v) is 6.69. The molecular formula is C25H25FN4O5S. The number of halogens is 1. The van der Waals surface area contributed by atoms with Gasteiger partial charge in [0, 0.05) is 23.1 Å². The van der Waals surface area contributed by atoms with Gasteiger partial charge in [-0.05, 0) is 36.6 Å². The minimum absolute atomic E-state index is 0.0359. The maximum absolute atomic E-state index is 15.0. The fourth-order valence-corrected chi connectivity index (χ4v) is 4.93. The van der Waals surface area contributed by atoms with Crippen LogP contribution in [0.1, 0.15) is 28.8 Å². The number of benzene rings is 2. The summed E-state index contributed by atoms with van der Waals surface area (Å²) in [6.07, 6.45) is 0.636. The van der Waals surface area contributed by atoms with E-state index in [2.05, 4.69) is 5.32 Å². The molecule has 4 amide bonds. The normalized spacial score (nSPS) is 15.2. The summed E-state index contributed by atoms with van der Waals surface area (Å²) < 4.78 is 26.2. The number of thiophene rings is 1. The summed E-state index contributed by atoms with van der Waals surface area (Å²) in [5, 5.41) is 2.54. The van der Waals surface area contributed by atoms with E-state index in [1.165, 1.54) is 23.1 Å². The van der Waals surface area contributed by atoms with Crippen molar-refractivity contribution in [2.24, 2.45) is 11.5 Å². The van der Waals surface area contributed by atoms with Crippen molar-refractivity contribution in [3.63, 3.8) is 0 Å². The number of rotatable bonds is 7. The zero-order valence-corrected chi connectivity index (χ0v) is 20.1. The van der Waals surface area contributed by atoms with Crippen LogP contribution in [0.4, 0.5) is 19.0 Å². The van der Waals surface area contributed by atoms with Crippen molar-refractivity contribution in [3.05, 3.63) is 71.5 Å². The first-order valence-corrected chi connectivity index (χ1v) is 12.0. The molecule has 188 valence electrons. The molecule has 0 saturated carbocycles. The van der Waals surface area contributed by atoms with Crippen LogP contribution in [-0.2, 0) is 11.3 Å². The van der Waals surface area contributed by atoms with Crippen molar-refractivity contribution in [1.82, 2.24) is 4.90 Å². The van der Waals surface area contributed by atoms with E-state index in [4.69, 9.17) is 20.9 Å². The van der Waals surface area contributed by atoms with Crippen LogP contribution in [0.15, 0.2) is 54.6 Å². The van der Waals surface area contributed by atoms with Crippen molar-refractivity contribution in [3.8, 4) is 16.2 Å². The first-order chi connectivity index (χ1) is 17.3. The summed E-state index contributed by atoms with van der Waals surface area (Å²) >= 11 is 0.989. The number of hydrogen-bond acceptors (Lipinski definition) is 6. The highest BCUT2D eigenvalue weighted by molar-refractivity contribution is 7.20. The summed E-state index contributed by atoms with van der Waals surface area (Å²) in [5.41, 5.74) is 11.8. The molecular weight excluding hydrogens is 487 g/mol. The molecule has 3 aromatic rings. The van der Waals surface area contributed by atoms with E-state index in [1.54, 1.807) is 6.07 Å². The zero-order chi connectivity index (χ0) is 25.7. The van der Waals surface area contributed by atoms with Crippen LogP contribution in [0.2, 0.25) is 0 Å². The average Bonchev–Trinajstić information content (AvgIpc) is 3.26. The van der Waals surface area contributed by atoms with E-state index in [1.807, 2.05) is 30.3 Å². The molecule has 0 bridgehead atoms. The van der Waals surface area contributed by atoms with E-state index in [0.717, 1.165) is 16.9 Å². The third kappa shape index (κ3) is 6.11. The molecule has 4 rings (SSSR count). The van der Waals surface area contributed by atoms with Gasteiger partial charge >= 0.3 is 18.0 Å².